The molecule has 1 amide bonds. The van der Waals surface area contributed by atoms with Gasteiger partial charge >= 0.3 is 6.09 Å². The summed E-state index contributed by atoms with van der Waals surface area (Å²) in [6, 6.07) is 3.58. The summed E-state index contributed by atoms with van der Waals surface area (Å²) in [6.45, 7) is 8.07. The number of non-ortho nitro benzene ring substituents is 1. The lowest BCUT2D eigenvalue weighted by molar-refractivity contribution is -0.385. The molecule has 0 N–H and O–H groups in total. The van der Waals surface area contributed by atoms with E-state index in [1.165, 1.54) is 12.1 Å². The molecule has 132 valence electrons. The van der Waals surface area contributed by atoms with Crippen LogP contribution in [0.3, 0.4) is 0 Å². The zero-order valence-corrected chi connectivity index (χ0v) is 14.1. The molecule has 8 heteroatoms. The highest BCUT2D eigenvalue weighted by Crippen LogP contribution is 2.19. The van der Waals surface area contributed by atoms with E-state index in [9.17, 15) is 19.3 Å². The summed E-state index contributed by atoms with van der Waals surface area (Å²) in [6.07, 6.45) is -0.344. The third kappa shape index (κ3) is 5.16. The second-order valence-corrected chi connectivity index (χ2v) is 6.82. The SMILES string of the molecule is CC(C)(C)OC(=O)N1CCN(Cc2cc(F)cc([N+](=O)[O-])c2)CC1. The number of nitro groups is 1. The molecule has 1 saturated heterocycles. The maximum absolute atomic E-state index is 13.5. The molecule has 24 heavy (non-hydrogen) atoms. The minimum Gasteiger partial charge on any atom is -0.444 e. The van der Waals surface area contributed by atoms with Crippen molar-refractivity contribution in [3.8, 4) is 0 Å². The van der Waals surface area contributed by atoms with Crippen molar-refractivity contribution in [2.45, 2.75) is 32.9 Å². The van der Waals surface area contributed by atoms with Crippen LogP contribution in [0.4, 0.5) is 14.9 Å². The van der Waals surface area contributed by atoms with Gasteiger partial charge in [-0.05, 0) is 32.4 Å². The van der Waals surface area contributed by atoms with Gasteiger partial charge in [-0.2, -0.15) is 0 Å². The van der Waals surface area contributed by atoms with Gasteiger partial charge in [0.05, 0.1) is 11.0 Å². The molecule has 1 aromatic rings. The Balaban J connectivity index is 1.92. The summed E-state index contributed by atoms with van der Waals surface area (Å²) in [5.74, 6) is -0.619. The number of carbonyl (C=O) groups excluding carboxylic acids is 1. The molecule has 0 bridgehead atoms. The fourth-order valence-corrected chi connectivity index (χ4v) is 2.50. The van der Waals surface area contributed by atoms with Crippen LogP contribution < -0.4 is 0 Å². The molecule has 2 rings (SSSR count). The van der Waals surface area contributed by atoms with Crippen molar-refractivity contribution in [1.29, 1.82) is 0 Å². The lowest BCUT2D eigenvalue weighted by Crippen LogP contribution is -2.49. The Labute approximate surface area is 140 Å². The number of amides is 1. The molecular formula is C16H22FN3O4. The number of benzene rings is 1. The molecule has 0 radical (unpaired) electrons. The molecule has 1 fully saturated rings. The van der Waals surface area contributed by atoms with Gasteiger partial charge in [0, 0.05) is 38.8 Å². The largest absolute Gasteiger partial charge is 0.444 e. The molecule has 0 aromatic heterocycles. The molecule has 7 nitrogen and oxygen atoms in total. The third-order valence-electron chi connectivity index (χ3n) is 3.58. The highest BCUT2D eigenvalue weighted by molar-refractivity contribution is 5.68. The molecule has 0 unspecified atom stereocenters. The lowest BCUT2D eigenvalue weighted by atomic mass is 10.1. The number of nitro benzene ring substituents is 1. The van der Waals surface area contributed by atoms with Gasteiger partial charge in [0.1, 0.15) is 11.4 Å². The van der Waals surface area contributed by atoms with Crippen molar-refractivity contribution >= 4 is 11.8 Å². The first-order valence-corrected chi connectivity index (χ1v) is 7.78. The number of carbonyl (C=O) groups is 1. The van der Waals surface area contributed by atoms with E-state index in [4.69, 9.17) is 4.74 Å². The predicted octanol–water partition coefficient (Wildman–Crippen LogP) is 2.79. The summed E-state index contributed by atoms with van der Waals surface area (Å²) >= 11 is 0. The fraction of sp³-hybridized carbons (Fsp3) is 0.562. The summed E-state index contributed by atoms with van der Waals surface area (Å²) < 4.78 is 18.8. The first-order valence-electron chi connectivity index (χ1n) is 7.78. The van der Waals surface area contributed by atoms with Crippen LogP contribution in [0.15, 0.2) is 18.2 Å². The molecule has 0 saturated carbocycles. The number of halogens is 1. The first-order chi connectivity index (χ1) is 11.1. The van der Waals surface area contributed by atoms with E-state index in [0.717, 1.165) is 6.07 Å². The smallest absolute Gasteiger partial charge is 0.410 e. The van der Waals surface area contributed by atoms with Crippen LogP contribution in [0.5, 0.6) is 0 Å². The van der Waals surface area contributed by atoms with Gasteiger partial charge in [-0.25, -0.2) is 9.18 Å². The van der Waals surface area contributed by atoms with Crippen LogP contribution in [-0.4, -0.2) is 52.6 Å². The molecule has 1 aromatic carbocycles. The Morgan fingerprint density at radius 3 is 2.42 bits per heavy atom. The summed E-state index contributed by atoms with van der Waals surface area (Å²) in [4.78, 5) is 25.9. The minimum absolute atomic E-state index is 0.252. The van der Waals surface area contributed by atoms with Crippen LogP contribution in [0, 0.1) is 15.9 Å². The minimum atomic E-state index is -0.619. The fourth-order valence-electron chi connectivity index (χ4n) is 2.50. The second kappa shape index (κ2) is 7.12. The van der Waals surface area contributed by atoms with E-state index in [-0.39, 0.29) is 11.8 Å². The maximum Gasteiger partial charge on any atom is 0.410 e. The Hall–Kier alpha value is -2.22. The molecule has 1 aliphatic rings. The van der Waals surface area contributed by atoms with E-state index in [2.05, 4.69) is 0 Å². The van der Waals surface area contributed by atoms with Crippen molar-refractivity contribution in [3.05, 3.63) is 39.7 Å². The van der Waals surface area contributed by atoms with Gasteiger partial charge in [0.25, 0.3) is 5.69 Å². The van der Waals surface area contributed by atoms with Crippen LogP contribution in [0.1, 0.15) is 26.3 Å². The Kier molecular flexibility index (Phi) is 5.38. The molecule has 1 heterocycles. The van der Waals surface area contributed by atoms with Gasteiger partial charge in [0.2, 0.25) is 0 Å². The van der Waals surface area contributed by atoms with Gasteiger partial charge in [-0.1, -0.05) is 0 Å². The number of piperazine rings is 1. The van der Waals surface area contributed by atoms with E-state index in [1.807, 2.05) is 25.7 Å². The van der Waals surface area contributed by atoms with Crippen molar-refractivity contribution in [2.24, 2.45) is 0 Å². The number of rotatable bonds is 3. The Morgan fingerprint density at radius 2 is 1.88 bits per heavy atom. The van der Waals surface area contributed by atoms with Crippen LogP contribution in [0.25, 0.3) is 0 Å². The maximum atomic E-state index is 13.5. The van der Waals surface area contributed by atoms with Crippen LogP contribution in [0.2, 0.25) is 0 Å². The second-order valence-electron chi connectivity index (χ2n) is 6.82. The number of hydrogen-bond acceptors (Lipinski definition) is 5. The Morgan fingerprint density at radius 1 is 1.25 bits per heavy atom. The van der Waals surface area contributed by atoms with Crippen LogP contribution >= 0.6 is 0 Å². The third-order valence-corrected chi connectivity index (χ3v) is 3.58. The predicted molar refractivity (Wildman–Crippen MR) is 86.1 cm³/mol. The standard InChI is InChI=1S/C16H22FN3O4/c1-16(2,3)24-15(21)19-6-4-18(5-7-19)11-12-8-13(17)10-14(9-12)20(22)23/h8-10H,4-7,11H2,1-3H3. The van der Waals surface area contributed by atoms with E-state index < -0.39 is 16.3 Å². The normalized spacial score (nSPS) is 16.1. The zero-order valence-electron chi connectivity index (χ0n) is 14.1. The number of ether oxygens (including phenoxy) is 1. The van der Waals surface area contributed by atoms with Crippen molar-refractivity contribution in [1.82, 2.24) is 9.80 Å². The van der Waals surface area contributed by atoms with E-state index in [0.29, 0.717) is 38.3 Å². The summed E-state index contributed by atoms with van der Waals surface area (Å²) in [7, 11) is 0. The molecular weight excluding hydrogens is 317 g/mol. The highest BCUT2D eigenvalue weighted by atomic mass is 19.1. The monoisotopic (exact) mass is 339 g/mol. The highest BCUT2D eigenvalue weighted by Gasteiger charge is 2.26. The lowest BCUT2D eigenvalue weighted by Gasteiger charge is -2.35. The Bertz CT molecular complexity index is 622. The van der Waals surface area contributed by atoms with Gasteiger partial charge in [-0.3, -0.25) is 15.0 Å². The van der Waals surface area contributed by atoms with Gasteiger partial charge in [0.15, 0.2) is 0 Å². The van der Waals surface area contributed by atoms with Crippen molar-refractivity contribution < 1.29 is 18.8 Å². The topological polar surface area (TPSA) is 75.9 Å². The molecule has 0 atom stereocenters. The van der Waals surface area contributed by atoms with Crippen LogP contribution in [-0.2, 0) is 11.3 Å². The average Bonchev–Trinajstić information content (AvgIpc) is 2.45. The molecule has 0 spiro atoms. The van der Waals surface area contributed by atoms with E-state index in [1.54, 1.807) is 4.90 Å². The number of hydrogen-bond donors (Lipinski definition) is 0. The van der Waals surface area contributed by atoms with Crippen molar-refractivity contribution in [2.75, 3.05) is 26.2 Å². The first kappa shape index (κ1) is 18.1. The summed E-state index contributed by atoms with van der Waals surface area (Å²) in [5.41, 5.74) is -0.237. The molecule has 0 aliphatic carbocycles. The van der Waals surface area contributed by atoms with Crippen molar-refractivity contribution in [3.63, 3.8) is 0 Å². The van der Waals surface area contributed by atoms with E-state index >= 15 is 0 Å². The average molecular weight is 339 g/mol. The van der Waals surface area contributed by atoms with Gasteiger partial charge in [-0.15, -0.1) is 0 Å². The zero-order chi connectivity index (χ0) is 17.9. The molecule has 1 aliphatic heterocycles. The summed E-state index contributed by atoms with van der Waals surface area (Å²) in [5, 5.41) is 10.8. The van der Waals surface area contributed by atoms with Gasteiger partial charge < -0.3 is 9.64 Å². The quantitative estimate of drug-likeness (QED) is 0.625. The number of nitrogens with zero attached hydrogens (tertiary/aromatic N) is 3.